The van der Waals surface area contributed by atoms with Crippen molar-refractivity contribution in [2.24, 2.45) is 5.92 Å². The molecule has 0 spiro atoms. The number of esters is 1. The van der Waals surface area contributed by atoms with Crippen LogP contribution in [0.25, 0.3) is 0 Å². The zero-order valence-electron chi connectivity index (χ0n) is 16.9. The van der Waals surface area contributed by atoms with Gasteiger partial charge in [-0.2, -0.15) is 4.31 Å². The van der Waals surface area contributed by atoms with E-state index in [1.165, 1.54) is 16.4 Å². The van der Waals surface area contributed by atoms with Crippen molar-refractivity contribution in [3.8, 4) is 5.75 Å². The van der Waals surface area contributed by atoms with Crippen molar-refractivity contribution in [3.63, 3.8) is 0 Å². The van der Waals surface area contributed by atoms with E-state index >= 15 is 0 Å². The minimum absolute atomic E-state index is 0.0752. The Morgan fingerprint density at radius 1 is 1.17 bits per heavy atom. The number of hydrogen-bond acceptors (Lipinski definition) is 6. The van der Waals surface area contributed by atoms with Gasteiger partial charge in [0.1, 0.15) is 5.75 Å². The van der Waals surface area contributed by atoms with E-state index in [4.69, 9.17) is 4.74 Å². The summed E-state index contributed by atoms with van der Waals surface area (Å²) in [5, 5.41) is 11.0. The summed E-state index contributed by atoms with van der Waals surface area (Å²) in [6.07, 6.45) is 1.56. The molecule has 1 aliphatic heterocycles. The standard InChI is InChI=1S/C21H24N2O6S/c1-3-16-5-8-19(9-6-16)29-21(24)17-10-12-22(13-11-17)30(27,28)20-14-18(23(25)26)7-4-15(20)2/h4-9,14,17H,3,10-13H2,1-2H3. The Bertz CT molecular complexity index is 1040. The van der Waals surface area contributed by atoms with Crippen LogP contribution in [0.4, 0.5) is 5.69 Å². The Labute approximate surface area is 175 Å². The van der Waals surface area contributed by atoms with Gasteiger partial charge in [-0.15, -0.1) is 0 Å². The number of aryl methyl sites for hydroxylation is 2. The highest BCUT2D eigenvalue weighted by Crippen LogP contribution is 2.29. The molecule has 0 unspecified atom stereocenters. The molecule has 30 heavy (non-hydrogen) atoms. The Hall–Kier alpha value is -2.78. The van der Waals surface area contributed by atoms with Crippen LogP contribution in [0.2, 0.25) is 0 Å². The lowest BCUT2D eigenvalue weighted by atomic mass is 9.98. The summed E-state index contributed by atoms with van der Waals surface area (Å²) in [5.41, 5.74) is 1.31. The number of rotatable bonds is 6. The fraction of sp³-hybridized carbons (Fsp3) is 0.381. The third kappa shape index (κ3) is 4.68. The van der Waals surface area contributed by atoms with Gasteiger partial charge in [0, 0.05) is 25.2 Å². The number of hydrogen-bond donors (Lipinski definition) is 0. The Morgan fingerprint density at radius 2 is 1.80 bits per heavy atom. The zero-order chi connectivity index (χ0) is 21.9. The summed E-state index contributed by atoms with van der Waals surface area (Å²) in [7, 11) is -3.89. The normalized spacial score (nSPS) is 15.7. The van der Waals surface area contributed by atoms with Crippen LogP contribution in [0.3, 0.4) is 0 Å². The number of piperidine rings is 1. The molecule has 0 aliphatic carbocycles. The van der Waals surface area contributed by atoms with Crippen molar-refractivity contribution in [2.75, 3.05) is 13.1 Å². The number of benzene rings is 2. The lowest BCUT2D eigenvalue weighted by Crippen LogP contribution is -2.41. The molecule has 0 amide bonds. The van der Waals surface area contributed by atoms with Gasteiger partial charge in [-0.05, 0) is 49.4 Å². The van der Waals surface area contributed by atoms with Crippen molar-refractivity contribution in [3.05, 3.63) is 63.7 Å². The molecule has 0 radical (unpaired) electrons. The molecule has 160 valence electrons. The molecule has 0 N–H and O–H groups in total. The highest BCUT2D eigenvalue weighted by molar-refractivity contribution is 7.89. The minimum Gasteiger partial charge on any atom is -0.426 e. The van der Waals surface area contributed by atoms with E-state index in [2.05, 4.69) is 0 Å². The quantitative estimate of drug-likeness (QED) is 0.299. The molecule has 1 aliphatic rings. The first-order valence-electron chi connectivity index (χ1n) is 9.78. The lowest BCUT2D eigenvalue weighted by Gasteiger charge is -2.30. The van der Waals surface area contributed by atoms with Crippen LogP contribution in [0.1, 0.15) is 30.9 Å². The maximum atomic E-state index is 13.0. The summed E-state index contributed by atoms with van der Waals surface area (Å²) in [6, 6.07) is 11.1. The average Bonchev–Trinajstić information content (AvgIpc) is 2.74. The maximum absolute atomic E-state index is 13.0. The molecule has 2 aromatic carbocycles. The minimum atomic E-state index is -3.89. The summed E-state index contributed by atoms with van der Waals surface area (Å²) in [6.45, 7) is 3.94. The molecule has 0 atom stereocenters. The number of carbonyl (C=O) groups excluding carboxylic acids is 1. The van der Waals surface area contributed by atoms with Crippen molar-refractivity contribution in [1.82, 2.24) is 4.31 Å². The van der Waals surface area contributed by atoms with Gasteiger partial charge in [0.2, 0.25) is 10.0 Å². The third-order valence-electron chi connectivity index (χ3n) is 5.34. The number of non-ortho nitro benzene ring substituents is 1. The van der Waals surface area contributed by atoms with E-state index in [9.17, 15) is 23.3 Å². The molecule has 0 aromatic heterocycles. The molecule has 8 nitrogen and oxygen atoms in total. The van der Waals surface area contributed by atoms with Crippen molar-refractivity contribution < 1.29 is 22.9 Å². The highest BCUT2D eigenvalue weighted by atomic mass is 32.2. The monoisotopic (exact) mass is 432 g/mol. The second-order valence-corrected chi connectivity index (χ2v) is 9.21. The Kier molecular flexibility index (Phi) is 6.52. The molecule has 3 rings (SSSR count). The van der Waals surface area contributed by atoms with Crippen molar-refractivity contribution >= 4 is 21.7 Å². The molecular weight excluding hydrogens is 408 g/mol. The molecule has 1 heterocycles. The van der Waals surface area contributed by atoms with E-state index in [1.54, 1.807) is 19.1 Å². The smallest absolute Gasteiger partial charge is 0.314 e. The molecule has 1 fully saturated rings. The van der Waals surface area contributed by atoms with Crippen LogP contribution in [0.5, 0.6) is 5.75 Å². The lowest BCUT2D eigenvalue weighted by molar-refractivity contribution is -0.385. The first-order chi connectivity index (χ1) is 14.2. The number of sulfonamides is 1. The van der Waals surface area contributed by atoms with Gasteiger partial charge in [0.15, 0.2) is 0 Å². The van der Waals surface area contributed by atoms with Crippen LogP contribution < -0.4 is 4.74 Å². The highest BCUT2D eigenvalue weighted by Gasteiger charge is 2.34. The number of carbonyl (C=O) groups is 1. The molecule has 1 saturated heterocycles. The number of ether oxygens (including phenoxy) is 1. The van der Waals surface area contributed by atoms with Crippen molar-refractivity contribution in [2.45, 2.75) is 38.0 Å². The SMILES string of the molecule is CCc1ccc(OC(=O)C2CCN(S(=O)(=O)c3cc([N+](=O)[O-])ccc3C)CC2)cc1. The van der Waals surface area contributed by atoms with Gasteiger partial charge in [-0.3, -0.25) is 14.9 Å². The molecular formula is C21H24N2O6S. The first-order valence-corrected chi connectivity index (χ1v) is 11.2. The van der Waals surface area contributed by atoms with E-state index in [1.807, 2.05) is 19.1 Å². The topological polar surface area (TPSA) is 107 Å². The fourth-order valence-corrected chi connectivity index (χ4v) is 5.16. The first kappa shape index (κ1) is 21.9. The molecule has 9 heteroatoms. The summed E-state index contributed by atoms with van der Waals surface area (Å²) < 4.78 is 32.7. The Balaban J connectivity index is 1.66. The van der Waals surface area contributed by atoms with Crippen LogP contribution >= 0.6 is 0 Å². The molecule has 0 bridgehead atoms. The number of nitro benzene ring substituents is 1. The van der Waals surface area contributed by atoms with E-state index in [-0.39, 0.29) is 29.6 Å². The van der Waals surface area contributed by atoms with E-state index in [0.29, 0.717) is 24.2 Å². The van der Waals surface area contributed by atoms with Crippen LogP contribution in [0, 0.1) is 23.0 Å². The molecule has 2 aromatic rings. The summed E-state index contributed by atoms with van der Waals surface area (Å²) in [5.74, 6) is -0.296. The van der Waals surface area contributed by atoms with Gasteiger partial charge in [-0.25, -0.2) is 8.42 Å². The van der Waals surface area contributed by atoms with Crippen LogP contribution in [-0.4, -0.2) is 36.7 Å². The van der Waals surface area contributed by atoms with Gasteiger partial charge in [-0.1, -0.05) is 25.1 Å². The summed E-state index contributed by atoms with van der Waals surface area (Å²) >= 11 is 0. The predicted molar refractivity (Wildman–Crippen MR) is 111 cm³/mol. The second kappa shape index (κ2) is 8.93. The van der Waals surface area contributed by atoms with Gasteiger partial charge in [0.25, 0.3) is 5.69 Å². The third-order valence-corrected chi connectivity index (χ3v) is 7.38. The largest absolute Gasteiger partial charge is 0.426 e. The molecule has 0 saturated carbocycles. The number of nitro groups is 1. The maximum Gasteiger partial charge on any atom is 0.314 e. The Morgan fingerprint density at radius 3 is 2.37 bits per heavy atom. The predicted octanol–water partition coefficient (Wildman–Crippen LogP) is 3.47. The zero-order valence-corrected chi connectivity index (χ0v) is 17.7. The summed E-state index contributed by atoms with van der Waals surface area (Å²) in [4.78, 5) is 22.8. The van der Waals surface area contributed by atoms with Gasteiger partial charge >= 0.3 is 5.97 Å². The fourth-order valence-electron chi connectivity index (χ4n) is 3.44. The van der Waals surface area contributed by atoms with Crippen LogP contribution in [-0.2, 0) is 21.2 Å². The van der Waals surface area contributed by atoms with Crippen LogP contribution in [0.15, 0.2) is 47.4 Å². The van der Waals surface area contributed by atoms with E-state index in [0.717, 1.165) is 18.1 Å². The second-order valence-electron chi connectivity index (χ2n) is 7.30. The van der Waals surface area contributed by atoms with Gasteiger partial charge < -0.3 is 4.74 Å². The van der Waals surface area contributed by atoms with E-state index < -0.39 is 20.9 Å². The van der Waals surface area contributed by atoms with Gasteiger partial charge in [0.05, 0.1) is 15.7 Å². The van der Waals surface area contributed by atoms with Crippen molar-refractivity contribution in [1.29, 1.82) is 0 Å². The average molecular weight is 432 g/mol. The number of nitrogens with zero attached hydrogens (tertiary/aromatic N) is 2.